The van der Waals surface area contributed by atoms with E-state index in [-0.39, 0.29) is 12.8 Å². The zero-order chi connectivity index (χ0) is 13.5. The Morgan fingerprint density at radius 1 is 1.05 bits per heavy atom. The molecule has 1 aliphatic rings. The average molecular weight is 262 g/mol. The zero-order valence-corrected chi connectivity index (χ0v) is 10.6. The number of nitrogens with two attached hydrogens (primary N) is 1. The van der Waals surface area contributed by atoms with Gasteiger partial charge in [-0.3, -0.25) is 4.98 Å². The molecule has 0 atom stereocenters. The van der Waals surface area contributed by atoms with Crippen LogP contribution < -0.4 is 5.73 Å². The van der Waals surface area contributed by atoms with Gasteiger partial charge in [0.1, 0.15) is 0 Å². The molecular formula is C15H16F2N2. The summed E-state index contributed by atoms with van der Waals surface area (Å²) in [6, 6.07) is 9.68. The van der Waals surface area contributed by atoms with Crippen molar-refractivity contribution >= 4 is 10.9 Å². The van der Waals surface area contributed by atoms with Crippen molar-refractivity contribution in [3.05, 3.63) is 42.1 Å². The van der Waals surface area contributed by atoms with E-state index in [9.17, 15) is 8.78 Å². The molecule has 1 fully saturated rings. The molecule has 19 heavy (non-hydrogen) atoms. The molecule has 1 heterocycles. The third-order valence-electron chi connectivity index (χ3n) is 4.05. The summed E-state index contributed by atoms with van der Waals surface area (Å²) in [5.74, 6) is -2.56. The summed E-state index contributed by atoms with van der Waals surface area (Å²) in [5, 5.41) is 1.04. The Morgan fingerprint density at radius 3 is 2.53 bits per heavy atom. The van der Waals surface area contributed by atoms with Crippen LogP contribution in [-0.4, -0.2) is 10.9 Å². The molecule has 1 saturated carbocycles. The van der Waals surface area contributed by atoms with Crippen LogP contribution in [-0.2, 0) is 5.54 Å². The summed E-state index contributed by atoms with van der Waals surface area (Å²) in [4.78, 5) is 4.29. The van der Waals surface area contributed by atoms with E-state index in [1.54, 1.807) is 6.20 Å². The molecule has 4 heteroatoms. The van der Waals surface area contributed by atoms with Crippen LogP contribution in [0.5, 0.6) is 0 Å². The summed E-state index contributed by atoms with van der Waals surface area (Å²) in [5.41, 5.74) is 7.46. The van der Waals surface area contributed by atoms with Gasteiger partial charge in [-0.2, -0.15) is 0 Å². The zero-order valence-electron chi connectivity index (χ0n) is 10.6. The first-order valence-electron chi connectivity index (χ1n) is 6.51. The second kappa shape index (κ2) is 4.23. The fourth-order valence-electron chi connectivity index (χ4n) is 2.73. The summed E-state index contributed by atoms with van der Waals surface area (Å²) in [7, 11) is 0. The molecule has 2 N–H and O–H groups in total. The Balaban J connectivity index is 1.95. The van der Waals surface area contributed by atoms with Crippen molar-refractivity contribution in [2.24, 2.45) is 5.73 Å². The maximum atomic E-state index is 13.2. The highest BCUT2D eigenvalue weighted by Gasteiger charge is 2.42. The SMILES string of the molecule is NC1(c2ccc3cccnc3c2)CCC(F)(F)CC1. The van der Waals surface area contributed by atoms with Crippen molar-refractivity contribution in [2.45, 2.75) is 37.1 Å². The highest BCUT2D eigenvalue weighted by atomic mass is 19.3. The van der Waals surface area contributed by atoms with Gasteiger partial charge in [0.15, 0.2) is 0 Å². The molecule has 0 spiro atoms. The predicted octanol–water partition coefficient (Wildman–Crippen LogP) is 3.60. The van der Waals surface area contributed by atoms with Gasteiger partial charge >= 0.3 is 0 Å². The molecule has 0 saturated heterocycles. The van der Waals surface area contributed by atoms with Crippen LogP contribution in [0.1, 0.15) is 31.2 Å². The Bertz CT molecular complexity index is 600. The van der Waals surface area contributed by atoms with Gasteiger partial charge in [0.25, 0.3) is 0 Å². The average Bonchev–Trinajstić information content (AvgIpc) is 2.42. The molecule has 1 aromatic heterocycles. The summed E-state index contributed by atoms with van der Waals surface area (Å²) >= 11 is 0. The molecule has 0 unspecified atom stereocenters. The quantitative estimate of drug-likeness (QED) is 0.852. The summed E-state index contributed by atoms with van der Waals surface area (Å²) in [6.45, 7) is 0. The van der Waals surface area contributed by atoms with Crippen LogP contribution in [0.2, 0.25) is 0 Å². The first-order chi connectivity index (χ1) is 8.99. The number of alkyl halides is 2. The largest absolute Gasteiger partial charge is 0.321 e. The lowest BCUT2D eigenvalue weighted by molar-refractivity contribution is -0.0513. The van der Waals surface area contributed by atoms with E-state index in [4.69, 9.17) is 5.73 Å². The first kappa shape index (κ1) is 12.5. The Kier molecular flexibility index (Phi) is 2.78. The van der Waals surface area contributed by atoms with Crippen LogP contribution in [0, 0.1) is 0 Å². The molecule has 0 radical (unpaired) electrons. The number of rotatable bonds is 1. The monoisotopic (exact) mass is 262 g/mol. The summed E-state index contributed by atoms with van der Waals surface area (Å²) < 4.78 is 26.5. The van der Waals surface area contributed by atoms with Crippen LogP contribution >= 0.6 is 0 Å². The second-order valence-corrected chi connectivity index (χ2v) is 5.42. The van der Waals surface area contributed by atoms with Crippen molar-refractivity contribution in [3.8, 4) is 0 Å². The van der Waals surface area contributed by atoms with E-state index in [0.717, 1.165) is 16.5 Å². The fraction of sp³-hybridized carbons (Fsp3) is 0.400. The molecule has 3 rings (SSSR count). The lowest BCUT2D eigenvalue weighted by Crippen LogP contribution is -2.43. The number of benzene rings is 1. The van der Waals surface area contributed by atoms with Crippen molar-refractivity contribution in [1.29, 1.82) is 0 Å². The molecular weight excluding hydrogens is 246 g/mol. The van der Waals surface area contributed by atoms with Crippen LogP contribution in [0.15, 0.2) is 36.5 Å². The molecule has 1 aromatic carbocycles. The van der Waals surface area contributed by atoms with Gasteiger partial charge in [-0.1, -0.05) is 18.2 Å². The fourth-order valence-corrected chi connectivity index (χ4v) is 2.73. The van der Waals surface area contributed by atoms with Crippen LogP contribution in [0.3, 0.4) is 0 Å². The number of nitrogens with zero attached hydrogens (tertiary/aromatic N) is 1. The third-order valence-corrected chi connectivity index (χ3v) is 4.05. The van der Waals surface area contributed by atoms with Crippen molar-refractivity contribution in [1.82, 2.24) is 4.98 Å². The number of pyridine rings is 1. The third kappa shape index (κ3) is 2.32. The number of fused-ring (bicyclic) bond motifs is 1. The van der Waals surface area contributed by atoms with E-state index >= 15 is 0 Å². The smallest absolute Gasteiger partial charge is 0.248 e. The van der Waals surface area contributed by atoms with Crippen LogP contribution in [0.25, 0.3) is 10.9 Å². The normalized spacial score (nSPS) is 21.4. The van der Waals surface area contributed by atoms with Gasteiger partial charge in [-0.05, 0) is 30.5 Å². The maximum absolute atomic E-state index is 13.2. The number of aromatic nitrogens is 1. The topological polar surface area (TPSA) is 38.9 Å². The van der Waals surface area contributed by atoms with Crippen molar-refractivity contribution in [2.75, 3.05) is 0 Å². The number of hydrogen-bond donors (Lipinski definition) is 1. The van der Waals surface area contributed by atoms with Crippen molar-refractivity contribution < 1.29 is 8.78 Å². The number of halogens is 2. The molecule has 1 aliphatic carbocycles. The maximum Gasteiger partial charge on any atom is 0.248 e. The van der Waals surface area contributed by atoms with E-state index in [1.165, 1.54) is 0 Å². The highest BCUT2D eigenvalue weighted by Crippen LogP contribution is 2.42. The minimum absolute atomic E-state index is 0.135. The first-order valence-corrected chi connectivity index (χ1v) is 6.51. The molecule has 0 aliphatic heterocycles. The molecule has 0 bridgehead atoms. The molecule has 0 amide bonds. The van der Waals surface area contributed by atoms with E-state index in [2.05, 4.69) is 4.98 Å². The molecule has 100 valence electrons. The van der Waals surface area contributed by atoms with Gasteiger partial charge in [0.05, 0.1) is 5.52 Å². The second-order valence-electron chi connectivity index (χ2n) is 5.42. The van der Waals surface area contributed by atoms with Gasteiger partial charge in [-0.25, -0.2) is 8.78 Å². The van der Waals surface area contributed by atoms with E-state index < -0.39 is 11.5 Å². The van der Waals surface area contributed by atoms with Gasteiger partial charge in [0.2, 0.25) is 5.92 Å². The van der Waals surface area contributed by atoms with E-state index in [0.29, 0.717) is 12.8 Å². The van der Waals surface area contributed by atoms with Crippen molar-refractivity contribution in [3.63, 3.8) is 0 Å². The van der Waals surface area contributed by atoms with Crippen LogP contribution in [0.4, 0.5) is 8.78 Å². The van der Waals surface area contributed by atoms with Gasteiger partial charge in [0, 0.05) is 30.0 Å². The Morgan fingerprint density at radius 2 is 1.79 bits per heavy atom. The number of hydrogen-bond acceptors (Lipinski definition) is 2. The molecule has 2 aromatic rings. The molecule has 2 nitrogen and oxygen atoms in total. The summed E-state index contributed by atoms with van der Waals surface area (Å²) in [6.07, 6.45) is 2.09. The van der Waals surface area contributed by atoms with Gasteiger partial charge < -0.3 is 5.73 Å². The standard InChI is InChI=1S/C15H16F2N2/c16-15(17)7-5-14(18,6-8-15)12-4-3-11-2-1-9-19-13(11)10-12/h1-4,9-10H,5-8,18H2. The lowest BCUT2D eigenvalue weighted by atomic mass is 9.76. The highest BCUT2D eigenvalue weighted by molar-refractivity contribution is 5.79. The lowest BCUT2D eigenvalue weighted by Gasteiger charge is -2.37. The predicted molar refractivity (Wildman–Crippen MR) is 71.0 cm³/mol. The Hall–Kier alpha value is -1.55. The minimum atomic E-state index is -2.56. The Labute approximate surface area is 110 Å². The van der Waals surface area contributed by atoms with E-state index in [1.807, 2.05) is 30.3 Å². The minimum Gasteiger partial charge on any atom is -0.321 e. The van der Waals surface area contributed by atoms with Gasteiger partial charge in [-0.15, -0.1) is 0 Å².